The van der Waals surface area contributed by atoms with E-state index in [9.17, 15) is 18.7 Å². The fourth-order valence-corrected chi connectivity index (χ4v) is 2.27. The van der Waals surface area contributed by atoms with Crippen molar-refractivity contribution in [2.45, 2.75) is 25.1 Å². The van der Waals surface area contributed by atoms with Crippen molar-refractivity contribution < 1.29 is 23.4 Å². The molecule has 0 bridgehead atoms. The number of hydrogen-bond acceptors (Lipinski definition) is 4. The average molecular weight is 315 g/mol. The Morgan fingerprint density at radius 2 is 2.32 bits per heavy atom. The topological polar surface area (TPSA) is 82.6 Å². The number of amides is 2. The Balaban J connectivity index is 1.84. The van der Waals surface area contributed by atoms with Crippen LogP contribution in [0.2, 0.25) is 0 Å². The molecule has 122 valence electrons. The molecular weight excluding hydrogens is 296 g/mol. The van der Waals surface area contributed by atoms with Crippen molar-refractivity contribution in [3.63, 3.8) is 0 Å². The number of ether oxygens (including phenoxy) is 1. The fraction of sp³-hybridized carbons (Fsp3) is 0.500. The van der Waals surface area contributed by atoms with Crippen LogP contribution in [0.25, 0.3) is 0 Å². The lowest BCUT2D eigenvalue weighted by atomic mass is 9.94. The average Bonchev–Trinajstić information content (AvgIpc) is 2.46. The zero-order chi connectivity index (χ0) is 16.0. The molecule has 1 fully saturated rings. The molecule has 0 radical (unpaired) electrons. The number of anilines is 1. The van der Waals surface area contributed by atoms with Gasteiger partial charge >= 0.3 is 12.6 Å². The second-order valence-electron chi connectivity index (χ2n) is 5.22. The third kappa shape index (κ3) is 5.12. The summed E-state index contributed by atoms with van der Waals surface area (Å²) in [4.78, 5) is 11.8. The standard InChI is InChI=1S/C14H19F2N3O3/c15-12(16)22-11-4-1-3-10(7-11)19-13(20)18-9-14(21)5-2-6-17-8-14/h1,3-4,7,12,17,21H,2,5-6,8-9H2,(H2,18,19,20). The van der Waals surface area contributed by atoms with E-state index in [1.807, 2.05) is 0 Å². The minimum Gasteiger partial charge on any atom is -0.435 e. The number of piperidine rings is 1. The number of hydrogen-bond donors (Lipinski definition) is 4. The number of aliphatic hydroxyl groups is 1. The first-order chi connectivity index (χ1) is 10.5. The van der Waals surface area contributed by atoms with Crippen LogP contribution in [-0.4, -0.2) is 43.0 Å². The lowest BCUT2D eigenvalue weighted by molar-refractivity contribution is -0.0498. The van der Waals surface area contributed by atoms with Gasteiger partial charge in [0.25, 0.3) is 0 Å². The van der Waals surface area contributed by atoms with Gasteiger partial charge in [-0.15, -0.1) is 0 Å². The zero-order valence-corrected chi connectivity index (χ0v) is 11.9. The lowest BCUT2D eigenvalue weighted by Gasteiger charge is -2.32. The highest BCUT2D eigenvalue weighted by Gasteiger charge is 2.29. The summed E-state index contributed by atoms with van der Waals surface area (Å²) in [6, 6.07) is 5.18. The first kappa shape index (κ1) is 16.4. The first-order valence-electron chi connectivity index (χ1n) is 7.00. The van der Waals surface area contributed by atoms with Gasteiger partial charge in [0, 0.05) is 24.8 Å². The molecule has 8 heteroatoms. The third-order valence-electron chi connectivity index (χ3n) is 3.34. The number of alkyl halides is 2. The van der Waals surface area contributed by atoms with Crippen LogP contribution in [0.3, 0.4) is 0 Å². The summed E-state index contributed by atoms with van der Waals surface area (Å²) >= 11 is 0. The summed E-state index contributed by atoms with van der Waals surface area (Å²) in [7, 11) is 0. The van der Waals surface area contributed by atoms with E-state index in [1.165, 1.54) is 18.2 Å². The molecular formula is C14H19F2N3O3. The van der Waals surface area contributed by atoms with Crippen molar-refractivity contribution in [1.82, 2.24) is 10.6 Å². The number of β-amino-alcohol motifs (C(OH)–C–C–N with tert-alkyl or cyclic N) is 1. The van der Waals surface area contributed by atoms with E-state index in [1.54, 1.807) is 6.07 Å². The number of halogens is 2. The van der Waals surface area contributed by atoms with E-state index in [4.69, 9.17) is 0 Å². The molecule has 22 heavy (non-hydrogen) atoms. The summed E-state index contributed by atoms with van der Waals surface area (Å²) in [5.41, 5.74) is -0.639. The van der Waals surface area contributed by atoms with Gasteiger partial charge in [-0.2, -0.15) is 8.78 Å². The highest BCUT2D eigenvalue weighted by atomic mass is 19.3. The Morgan fingerprint density at radius 1 is 1.50 bits per heavy atom. The molecule has 4 N–H and O–H groups in total. The van der Waals surface area contributed by atoms with E-state index in [-0.39, 0.29) is 12.3 Å². The molecule has 1 aliphatic rings. The molecule has 1 aliphatic heterocycles. The van der Waals surface area contributed by atoms with Crippen LogP contribution in [0.5, 0.6) is 5.75 Å². The molecule has 0 saturated carbocycles. The van der Waals surface area contributed by atoms with E-state index in [2.05, 4.69) is 20.7 Å². The quantitative estimate of drug-likeness (QED) is 0.664. The summed E-state index contributed by atoms with van der Waals surface area (Å²) < 4.78 is 28.5. The molecule has 2 rings (SSSR count). The second kappa shape index (κ2) is 7.37. The predicted molar refractivity (Wildman–Crippen MR) is 77.1 cm³/mol. The van der Waals surface area contributed by atoms with Crippen LogP contribution in [0.1, 0.15) is 12.8 Å². The van der Waals surface area contributed by atoms with Crippen LogP contribution < -0.4 is 20.7 Å². The Hall–Kier alpha value is -1.93. The van der Waals surface area contributed by atoms with Gasteiger partial charge in [0.15, 0.2) is 0 Å². The number of nitrogens with one attached hydrogen (secondary N) is 3. The molecule has 0 spiro atoms. The summed E-state index contributed by atoms with van der Waals surface area (Å²) in [5, 5.41) is 18.4. The summed E-state index contributed by atoms with van der Waals surface area (Å²) in [5.74, 6) is -0.0390. The lowest BCUT2D eigenvalue weighted by Crippen LogP contribution is -2.53. The Labute approximate surface area is 126 Å². The number of rotatable bonds is 5. The predicted octanol–water partition coefficient (Wildman–Crippen LogP) is 1.52. The smallest absolute Gasteiger partial charge is 0.387 e. The number of carbonyl (C=O) groups excluding carboxylic acids is 1. The summed E-state index contributed by atoms with van der Waals surface area (Å²) in [6.07, 6.45) is 1.45. The van der Waals surface area contributed by atoms with Crippen molar-refractivity contribution >= 4 is 11.7 Å². The molecule has 1 aromatic rings. The molecule has 0 aliphatic carbocycles. The Morgan fingerprint density at radius 3 is 3.00 bits per heavy atom. The largest absolute Gasteiger partial charge is 0.435 e. The fourth-order valence-electron chi connectivity index (χ4n) is 2.27. The van der Waals surface area contributed by atoms with Crippen molar-refractivity contribution in [1.29, 1.82) is 0 Å². The Kier molecular flexibility index (Phi) is 5.51. The van der Waals surface area contributed by atoms with E-state index < -0.39 is 18.2 Å². The van der Waals surface area contributed by atoms with Crippen LogP contribution in [0.15, 0.2) is 24.3 Å². The molecule has 2 amide bonds. The van der Waals surface area contributed by atoms with Gasteiger partial charge in [-0.1, -0.05) is 6.07 Å². The van der Waals surface area contributed by atoms with Crippen molar-refractivity contribution in [2.24, 2.45) is 0 Å². The van der Waals surface area contributed by atoms with Gasteiger partial charge < -0.3 is 25.8 Å². The van der Waals surface area contributed by atoms with Gasteiger partial charge in [-0.3, -0.25) is 0 Å². The second-order valence-corrected chi connectivity index (χ2v) is 5.22. The molecule has 1 aromatic carbocycles. The van der Waals surface area contributed by atoms with Gasteiger partial charge in [-0.25, -0.2) is 4.79 Å². The van der Waals surface area contributed by atoms with Gasteiger partial charge in [-0.05, 0) is 31.5 Å². The first-order valence-corrected chi connectivity index (χ1v) is 7.00. The van der Waals surface area contributed by atoms with E-state index >= 15 is 0 Å². The zero-order valence-electron chi connectivity index (χ0n) is 11.9. The maximum atomic E-state index is 12.1. The highest BCUT2D eigenvalue weighted by molar-refractivity contribution is 5.89. The van der Waals surface area contributed by atoms with Crippen LogP contribution in [0.4, 0.5) is 19.3 Å². The molecule has 1 heterocycles. The van der Waals surface area contributed by atoms with Crippen molar-refractivity contribution in [3.8, 4) is 5.75 Å². The van der Waals surface area contributed by atoms with E-state index in [0.717, 1.165) is 13.0 Å². The minimum atomic E-state index is -2.92. The maximum Gasteiger partial charge on any atom is 0.387 e. The molecule has 1 atom stereocenters. The van der Waals surface area contributed by atoms with Gasteiger partial charge in [0.2, 0.25) is 0 Å². The highest BCUT2D eigenvalue weighted by Crippen LogP contribution is 2.19. The number of urea groups is 1. The molecule has 0 aromatic heterocycles. The van der Waals surface area contributed by atoms with Gasteiger partial charge in [0.1, 0.15) is 5.75 Å². The molecule has 1 unspecified atom stereocenters. The van der Waals surface area contributed by atoms with E-state index in [0.29, 0.717) is 18.7 Å². The molecule has 1 saturated heterocycles. The van der Waals surface area contributed by atoms with Crippen LogP contribution in [-0.2, 0) is 0 Å². The normalized spacial score (nSPS) is 21.5. The Bertz CT molecular complexity index is 508. The molecule has 6 nitrogen and oxygen atoms in total. The third-order valence-corrected chi connectivity index (χ3v) is 3.34. The van der Waals surface area contributed by atoms with Gasteiger partial charge in [0.05, 0.1) is 5.60 Å². The minimum absolute atomic E-state index is 0.0390. The van der Waals surface area contributed by atoms with Crippen molar-refractivity contribution in [2.75, 3.05) is 25.0 Å². The number of benzene rings is 1. The van der Waals surface area contributed by atoms with Crippen LogP contribution >= 0.6 is 0 Å². The number of carbonyl (C=O) groups is 1. The van der Waals surface area contributed by atoms with Crippen LogP contribution in [0, 0.1) is 0 Å². The summed E-state index contributed by atoms with van der Waals surface area (Å²) in [6.45, 7) is -1.53. The monoisotopic (exact) mass is 315 g/mol. The maximum absolute atomic E-state index is 12.1. The van der Waals surface area contributed by atoms with Crippen molar-refractivity contribution in [3.05, 3.63) is 24.3 Å². The SMILES string of the molecule is O=C(NCC1(O)CCCNC1)Nc1cccc(OC(F)F)c1.